The summed E-state index contributed by atoms with van der Waals surface area (Å²) in [5, 5.41) is 7.11. The number of carbonyl (C=O) groups excluding carboxylic acids is 1. The average Bonchev–Trinajstić information content (AvgIpc) is 2.83. The van der Waals surface area contributed by atoms with Gasteiger partial charge in [-0.2, -0.15) is 5.10 Å². The fourth-order valence-corrected chi connectivity index (χ4v) is 2.95. The van der Waals surface area contributed by atoms with E-state index in [0.717, 1.165) is 5.56 Å². The van der Waals surface area contributed by atoms with E-state index >= 15 is 0 Å². The normalized spacial score (nSPS) is 10.3. The molecule has 0 atom stereocenters. The summed E-state index contributed by atoms with van der Waals surface area (Å²) in [5.41, 5.74) is 1.10. The van der Waals surface area contributed by atoms with Crippen LogP contribution in [0.5, 0.6) is 23.0 Å². The maximum absolute atomic E-state index is 12.2. The van der Waals surface area contributed by atoms with E-state index in [2.05, 4.69) is 10.4 Å². The lowest BCUT2D eigenvalue weighted by atomic mass is 10.1. The van der Waals surface area contributed by atoms with E-state index in [1.54, 1.807) is 63.8 Å². The smallest absolute Gasteiger partial charge is 0.266 e. The van der Waals surface area contributed by atoms with E-state index in [4.69, 9.17) is 18.9 Å². The molecule has 0 radical (unpaired) electrons. The van der Waals surface area contributed by atoms with Gasteiger partial charge >= 0.3 is 0 Å². The van der Waals surface area contributed by atoms with Crippen molar-refractivity contribution in [1.29, 1.82) is 0 Å². The molecule has 1 heterocycles. The highest BCUT2D eigenvalue weighted by atomic mass is 16.5. The molecule has 32 heavy (non-hydrogen) atoms. The topological polar surface area (TPSA) is 101 Å². The fourth-order valence-electron chi connectivity index (χ4n) is 2.95. The molecule has 0 spiro atoms. The van der Waals surface area contributed by atoms with Crippen LogP contribution in [-0.2, 0) is 11.3 Å². The van der Waals surface area contributed by atoms with E-state index in [0.29, 0.717) is 28.7 Å². The largest absolute Gasteiger partial charge is 0.497 e. The Morgan fingerprint density at radius 1 is 0.938 bits per heavy atom. The molecule has 3 aromatic rings. The second kappa shape index (κ2) is 10.9. The molecule has 0 bridgehead atoms. The Labute approximate surface area is 185 Å². The van der Waals surface area contributed by atoms with Crippen LogP contribution in [-0.4, -0.2) is 50.2 Å². The van der Waals surface area contributed by atoms with Crippen LogP contribution in [0.3, 0.4) is 0 Å². The summed E-state index contributed by atoms with van der Waals surface area (Å²) in [5.74, 6) is 2.02. The van der Waals surface area contributed by atoms with Gasteiger partial charge in [-0.25, -0.2) is 4.68 Å². The lowest BCUT2D eigenvalue weighted by Gasteiger charge is -2.11. The Kier molecular flexibility index (Phi) is 7.69. The summed E-state index contributed by atoms with van der Waals surface area (Å²) in [6, 6.07) is 15.4. The van der Waals surface area contributed by atoms with Crippen LogP contribution in [0.2, 0.25) is 0 Å². The summed E-state index contributed by atoms with van der Waals surface area (Å²) >= 11 is 0. The molecule has 1 amide bonds. The first-order valence-electron chi connectivity index (χ1n) is 9.88. The Hall–Kier alpha value is -4.01. The van der Waals surface area contributed by atoms with E-state index in [1.165, 1.54) is 10.7 Å². The number of aromatic nitrogens is 2. The quantitative estimate of drug-likeness (QED) is 0.516. The van der Waals surface area contributed by atoms with Crippen LogP contribution in [0.1, 0.15) is 0 Å². The molecule has 2 aromatic carbocycles. The zero-order valence-corrected chi connectivity index (χ0v) is 18.2. The number of hydrogen-bond donors (Lipinski definition) is 1. The minimum Gasteiger partial charge on any atom is -0.497 e. The Bertz CT molecular complexity index is 1130. The Balaban J connectivity index is 1.58. The lowest BCUT2D eigenvalue weighted by Crippen LogP contribution is -2.34. The molecule has 0 aliphatic rings. The SMILES string of the molecule is COc1cccc(OCC(=O)NCCn2nc(-c3ccc(OC)c(OC)c3)ccc2=O)c1. The predicted molar refractivity (Wildman–Crippen MR) is 119 cm³/mol. The number of nitrogens with zero attached hydrogens (tertiary/aromatic N) is 2. The molecule has 9 nitrogen and oxygen atoms in total. The van der Waals surface area contributed by atoms with Crippen molar-refractivity contribution in [1.82, 2.24) is 15.1 Å². The van der Waals surface area contributed by atoms with Crippen molar-refractivity contribution < 1.29 is 23.7 Å². The minimum absolute atomic E-state index is 0.152. The van der Waals surface area contributed by atoms with Crippen molar-refractivity contribution in [2.24, 2.45) is 0 Å². The van der Waals surface area contributed by atoms with E-state index in [9.17, 15) is 9.59 Å². The van der Waals surface area contributed by atoms with Crippen LogP contribution in [0.25, 0.3) is 11.3 Å². The van der Waals surface area contributed by atoms with Gasteiger partial charge in [-0.05, 0) is 36.4 Å². The first kappa shape index (κ1) is 22.7. The maximum Gasteiger partial charge on any atom is 0.266 e. The minimum atomic E-state index is -0.308. The highest BCUT2D eigenvalue weighted by Gasteiger charge is 2.09. The van der Waals surface area contributed by atoms with Crippen molar-refractivity contribution in [3.05, 3.63) is 65.0 Å². The second-order valence-electron chi connectivity index (χ2n) is 6.67. The van der Waals surface area contributed by atoms with E-state index < -0.39 is 0 Å². The molecule has 0 aliphatic heterocycles. The summed E-state index contributed by atoms with van der Waals surface area (Å²) in [6.45, 7) is 0.286. The van der Waals surface area contributed by atoms with Crippen molar-refractivity contribution in [2.75, 3.05) is 34.5 Å². The summed E-state index contributed by atoms with van der Waals surface area (Å²) in [4.78, 5) is 24.2. The number of carbonyl (C=O) groups is 1. The molecule has 0 fully saturated rings. The van der Waals surface area contributed by atoms with Crippen LogP contribution < -0.4 is 29.8 Å². The number of benzene rings is 2. The number of methoxy groups -OCH3 is 3. The summed E-state index contributed by atoms with van der Waals surface area (Å²) < 4.78 is 22.4. The van der Waals surface area contributed by atoms with Gasteiger partial charge in [0.2, 0.25) is 0 Å². The second-order valence-corrected chi connectivity index (χ2v) is 6.67. The zero-order valence-electron chi connectivity index (χ0n) is 18.2. The highest BCUT2D eigenvalue weighted by molar-refractivity contribution is 5.77. The molecule has 9 heteroatoms. The molecule has 1 aromatic heterocycles. The molecular weight excluding hydrogens is 414 g/mol. The van der Waals surface area contributed by atoms with Gasteiger partial charge in [0.1, 0.15) is 11.5 Å². The molecule has 0 saturated heterocycles. The average molecular weight is 439 g/mol. The third-order valence-electron chi connectivity index (χ3n) is 4.60. The molecule has 0 aliphatic carbocycles. The molecule has 1 N–H and O–H groups in total. The van der Waals surface area contributed by atoms with Crippen molar-refractivity contribution >= 4 is 5.91 Å². The van der Waals surface area contributed by atoms with Gasteiger partial charge in [0, 0.05) is 24.2 Å². The first-order chi connectivity index (χ1) is 15.5. The molecule has 0 saturated carbocycles. The summed E-state index contributed by atoms with van der Waals surface area (Å²) in [6.07, 6.45) is 0. The van der Waals surface area contributed by atoms with Gasteiger partial charge in [0.05, 0.1) is 33.6 Å². The fraction of sp³-hybridized carbons (Fsp3) is 0.261. The Morgan fingerprint density at radius 2 is 1.72 bits per heavy atom. The Morgan fingerprint density at radius 3 is 2.47 bits per heavy atom. The number of nitrogens with one attached hydrogen (secondary N) is 1. The molecule has 168 valence electrons. The molecular formula is C23H25N3O6. The number of rotatable bonds is 10. The van der Waals surface area contributed by atoms with Crippen molar-refractivity contribution in [2.45, 2.75) is 6.54 Å². The maximum atomic E-state index is 12.2. The molecule has 3 rings (SSSR count). The predicted octanol–water partition coefficient (Wildman–Crippen LogP) is 2.13. The van der Waals surface area contributed by atoms with Crippen LogP contribution in [0.4, 0.5) is 0 Å². The third-order valence-corrected chi connectivity index (χ3v) is 4.60. The third kappa shape index (κ3) is 5.78. The number of hydrogen-bond acceptors (Lipinski definition) is 7. The van der Waals surface area contributed by atoms with Crippen molar-refractivity contribution in [3.8, 4) is 34.3 Å². The van der Waals surface area contributed by atoms with Crippen LogP contribution >= 0.6 is 0 Å². The lowest BCUT2D eigenvalue weighted by molar-refractivity contribution is -0.123. The van der Waals surface area contributed by atoms with Gasteiger partial charge in [0.25, 0.3) is 11.5 Å². The van der Waals surface area contributed by atoms with Crippen LogP contribution in [0, 0.1) is 0 Å². The monoisotopic (exact) mass is 439 g/mol. The number of amides is 1. The van der Waals surface area contributed by atoms with Gasteiger partial charge in [-0.1, -0.05) is 6.07 Å². The standard InChI is InChI=1S/C23H25N3O6/c1-29-17-5-4-6-18(14-17)32-15-22(27)24-11-12-26-23(28)10-8-19(25-26)16-7-9-20(30-2)21(13-16)31-3/h4-10,13-14H,11-12,15H2,1-3H3,(H,24,27). The summed E-state index contributed by atoms with van der Waals surface area (Å²) in [7, 11) is 4.67. The van der Waals surface area contributed by atoms with Crippen LogP contribution in [0.15, 0.2) is 59.4 Å². The first-order valence-corrected chi connectivity index (χ1v) is 9.88. The van der Waals surface area contributed by atoms with Gasteiger partial charge in [0.15, 0.2) is 18.1 Å². The van der Waals surface area contributed by atoms with Gasteiger partial charge in [-0.15, -0.1) is 0 Å². The van der Waals surface area contributed by atoms with E-state index in [1.807, 2.05) is 6.07 Å². The van der Waals surface area contributed by atoms with Gasteiger partial charge in [-0.3, -0.25) is 9.59 Å². The van der Waals surface area contributed by atoms with Gasteiger partial charge < -0.3 is 24.3 Å². The van der Waals surface area contributed by atoms with E-state index in [-0.39, 0.29) is 31.2 Å². The molecule has 0 unspecified atom stereocenters. The zero-order chi connectivity index (χ0) is 22.9. The van der Waals surface area contributed by atoms with Crippen molar-refractivity contribution in [3.63, 3.8) is 0 Å². The number of ether oxygens (including phenoxy) is 4. The highest BCUT2D eigenvalue weighted by Crippen LogP contribution is 2.31.